The fourth-order valence-corrected chi connectivity index (χ4v) is 3.22. The first-order chi connectivity index (χ1) is 10.2. The molecule has 1 heterocycles. The predicted octanol–water partition coefficient (Wildman–Crippen LogP) is 5.84. The van der Waals surface area contributed by atoms with Gasteiger partial charge in [-0.25, -0.2) is 4.98 Å². The molecular weight excluding hydrogens is 368 g/mol. The second kappa shape index (κ2) is 6.60. The molecule has 1 N–H and O–H groups in total. The summed E-state index contributed by atoms with van der Waals surface area (Å²) in [6.07, 6.45) is 1.82. The van der Waals surface area contributed by atoms with Gasteiger partial charge in [0.05, 0.1) is 0 Å². The lowest BCUT2D eigenvalue weighted by molar-refractivity contribution is 1.14. The van der Waals surface area contributed by atoms with Crippen LogP contribution in [0.15, 0.2) is 58.5 Å². The third-order valence-electron chi connectivity index (χ3n) is 3.03. The van der Waals surface area contributed by atoms with E-state index in [0.717, 1.165) is 31.3 Å². The molecule has 0 bridgehead atoms. The van der Waals surface area contributed by atoms with Gasteiger partial charge >= 0.3 is 0 Å². The van der Waals surface area contributed by atoms with Gasteiger partial charge in [-0.3, -0.25) is 0 Å². The lowest BCUT2D eigenvalue weighted by atomic mass is 10.2. The van der Waals surface area contributed by atoms with E-state index in [1.807, 2.05) is 35.8 Å². The van der Waals surface area contributed by atoms with E-state index in [9.17, 15) is 0 Å². The van der Waals surface area contributed by atoms with Crippen LogP contribution in [-0.4, -0.2) is 4.98 Å². The quantitative estimate of drug-likeness (QED) is 0.616. The standard InChI is InChI=1S/C16H12BrClN2S/c17-15-5-4-13(18)8-12(15)10-20-14-3-1-2-11(9-14)16-19-6-7-21-16/h1-9,20H,10H2. The Bertz CT molecular complexity index is 744. The molecule has 0 saturated carbocycles. The molecule has 21 heavy (non-hydrogen) atoms. The third-order valence-corrected chi connectivity index (χ3v) is 4.86. The Morgan fingerprint density at radius 3 is 2.90 bits per heavy atom. The van der Waals surface area contributed by atoms with Crippen LogP contribution in [0.5, 0.6) is 0 Å². The Morgan fingerprint density at radius 2 is 2.10 bits per heavy atom. The van der Waals surface area contributed by atoms with Gasteiger partial charge in [-0.1, -0.05) is 39.7 Å². The van der Waals surface area contributed by atoms with Crippen LogP contribution in [0.1, 0.15) is 5.56 Å². The number of halogens is 2. The van der Waals surface area contributed by atoms with Crippen LogP contribution in [0, 0.1) is 0 Å². The second-order valence-corrected chi connectivity index (χ2v) is 6.69. The van der Waals surface area contributed by atoms with E-state index in [1.165, 1.54) is 0 Å². The van der Waals surface area contributed by atoms with Crippen LogP contribution >= 0.6 is 38.9 Å². The summed E-state index contributed by atoms with van der Waals surface area (Å²) in [5.74, 6) is 0. The molecule has 3 rings (SSSR count). The maximum atomic E-state index is 6.04. The highest BCUT2D eigenvalue weighted by atomic mass is 79.9. The molecule has 0 fully saturated rings. The Labute approximate surface area is 140 Å². The molecule has 0 spiro atoms. The van der Waals surface area contributed by atoms with Gasteiger partial charge in [0.25, 0.3) is 0 Å². The summed E-state index contributed by atoms with van der Waals surface area (Å²) in [7, 11) is 0. The van der Waals surface area contributed by atoms with Crippen molar-refractivity contribution in [3.63, 3.8) is 0 Å². The molecule has 0 aliphatic rings. The average Bonchev–Trinajstić information content (AvgIpc) is 3.03. The van der Waals surface area contributed by atoms with Crippen molar-refractivity contribution in [2.75, 3.05) is 5.32 Å². The first-order valence-electron chi connectivity index (χ1n) is 6.40. The molecule has 1 aromatic heterocycles. The number of anilines is 1. The molecule has 0 aliphatic heterocycles. The van der Waals surface area contributed by atoms with E-state index < -0.39 is 0 Å². The first kappa shape index (κ1) is 14.6. The summed E-state index contributed by atoms with van der Waals surface area (Å²) in [4.78, 5) is 4.34. The number of benzene rings is 2. The summed E-state index contributed by atoms with van der Waals surface area (Å²) in [5, 5.41) is 7.18. The number of nitrogens with one attached hydrogen (secondary N) is 1. The second-order valence-electron chi connectivity index (χ2n) is 4.51. The van der Waals surface area contributed by atoms with Crippen LogP contribution in [0.4, 0.5) is 5.69 Å². The van der Waals surface area contributed by atoms with E-state index >= 15 is 0 Å². The van der Waals surface area contributed by atoms with E-state index in [1.54, 1.807) is 11.3 Å². The Kier molecular flexibility index (Phi) is 4.58. The lowest BCUT2D eigenvalue weighted by Crippen LogP contribution is -2.00. The average molecular weight is 380 g/mol. The lowest BCUT2D eigenvalue weighted by Gasteiger charge is -2.09. The smallest absolute Gasteiger partial charge is 0.123 e. The van der Waals surface area contributed by atoms with Gasteiger partial charge in [-0.05, 0) is 35.9 Å². The normalized spacial score (nSPS) is 10.6. The minimum atomic E-state index is 0.711. The van der Waals surface area contributed by atoms with Crippen molar-refractivity contribution < 1.29 is 0 Å². The maximum absolute atomic E-state index is 6.04. The van der Waals surface area contributed by atoms with E-state index in [2.05, 4.69) is 44.4 Å². The monoisotopic (exact) mass is 378 g/mol. The van der Waals surface area contributed by atoms with Crippen molar-refractivity contribution in [1.82, 2.24) is 4.98 Å². The highest BCUT2D eigenvalue weighted by Gasteiger charge is 2.03. The van der Waals surface area contributed by atoms with Crippen molar-refractivity contribution >= 4 is 44.6 Å². The maximum Gasteiger partial charge on any atom is 0.123 e. The van der Waals surface area contributed by atoms with E-state index in [4.69, 9.17) is 11.6 Å². The summed E-state index contributed by atoms with van der Waals surface area (Å²) < 4.78 is 1.05. The van der Waals surface area contributed by atoms with Crippen LogP contribution in [0.3, 0.4) is 0 Å². The highest BCUT2D eigenvalue weighted by Crippen LogP contribution is 2.26. The fourth-order valence-electron chi connectivity index (χ4n) is 2.00. The SMILES string of the molecule is Clc1ccc(Br)c(CNc2cccc(-c3nccs3)c2)c1. The molecule has 0 aliphatic carbocycles. The van der Waals surface area contributed by atoms with Crippen molar-refractivity contribution in [2.45, 2.75) is 6.54 Å². The Hall–Kier alpha value is -1.36. The van der Waals surface area contributed by atoms with E-state index in [-0.39, 0.29) is 0 Å². The van der Waals surface area contributed by atoms with Crippen LogP contribution in [0.25, 0.3) is 10.6 Å². The summed E-state index contributed by atoms with van der Waals surface area (Å²) in [6.45, 7) is 0.711. The minimum absolute atomic E-state index is 0.711. The van der Waals surface area contributed by atoms with Gasteiger partial charge in [-0.15, -0.1) is 11.3 Å². The van der Waals surface area contributed by atoms with Gasteiger partial charge in [0.1, 0.15) is 5.01 Å². The summed E-state index contributed by atoms with van der Waals surface area (Å²) >= 11 is 11.2. The third kappa shape index (κ3) is 3.64. The number of aromatic nitrogens is 1. The number of hydrogen-bond donors (Lipinski definition) is 1. The zero-order valence-corrected chi connectivity index (χ0v) is 14.2. The number of rotatable bonds is 4. The molecule has 0 radical (unpaired) electrons. The van der Waals surface area contributed by atoms with Crippen molar-refractivity contribution in [3.05, 3.63) is 69.1 Å². The Balaban J connectivity index is 1.76. The fraction of sp³-hybridized carbons (Fsp3) is 0.0625. The number of thiazole rings is 1. The molecule has 0 amide bonds. The van der Waals surface area contributed by atoms with E-state index in [0.29, 0.717) is 6.54 Å². The zero-order chi connectivity index (χ0) is 14.7. The molecule has 0 saturated heterocycles. The zero-order valence-electron chi connectivity index (χ0n) is 11.0. The van der Waals surface area contributed by atoms with Crippen LogP contribution < -0.4 is 5.32 Å². The molecule has 2 nitrogen and oxygen atoms in total. The van der Waals surface area contributed by atoms with Crippen LogP contribution in [-0.2, 0) is 6.54 Å². The van der Waals surface area contributed by atoms with Gasteiger partial charge < -0.3 is 5.32 Å². The molecule has 5 heteroatoms. The molecule has 106 valence electrons. The molecule has 0 atom stereocenters. The highest BCUT2D eigenvalue weighted by molar-refractivity contribution is 9.10. The van der Waals surface area contributed by atoms with Gasteiger partial charge in [0, 0.05) is 38.9 Å². The van der Waals surface area contributed by atoms with Crippen molar-refractivity contribution in [1.29, 1.82) is 0 Å². The van der Waals surface area contributed by atoms with Crippen LogP contribution in [0.2, 0.25) is 5.02 Å². The molecule has 0 unspecified atom stereocenters. The minimum Gasteiger partial charge on any atom is -0.381 e. The molecule has 3 aromatic rings. The number of hydrogen-bond acceptors (Lipinski definition) is 3. The predicted molar refractivity (Wildman–Crippen MR) is 94.0 cm³/mol. The molecular formula is C16H12BrClN2S. The van der Waals surface area contributed by atoms with Gasteiger partial charge in [0.15, 0.2) is 0 Å². The number of nitrogens with zero attached hydrogens (tertiary/aromatic N) is 1. The largest absolute Gasteiger partial charge is 0.381 e. The van der Waals surface area contributed by atoms with Crippen molar-refractivity contribution in [2.24, 2.45) is 0 Å². The van der Waals surface area contributed by atoms with Gasteiger partial charge in [-0.2, -0.15) is 0 Å². The van der Waals surface area contributed by atoms with Gasteiger partial charge in [0.2, 0.25) is 0 Å². The Morgan fingerprint density at radius 1 is 1.19 bits per heavy atom. The summed E-state index contributed by atoms with van der Waals surface area (Å²) in [6, 6.07) is 14.1. The molecule has 2 aromatic carbocycles. The summed E-state index contributed by atoms with van der Waals surface area (Å²) in [5.41, 5.74) is 3.32. The first-order valence-corrected chi connectivity index (χ1v) is 8.45. The topological polar surface area (TPSA) is 24.9 Å². The van der Waals surface area contributed by atoms with Crippen molar-refractivity contribution in [3.8, 4) is 10.6 Å².